The van der Waals surface area contributed by atoms with Crippen molar-refractivity contribution in [2.45, 2.75) is 12.5 Å². The third-order valence-corrected chi connectivity index (χ3v) is 3.45. The number of benzene rings is 1. The Bertz CT molecular complexity index is 416. The number of rotatable bonds is 7. The molecule has 0 aromatic heterocycles. The lowest BCUT2D eigenvalue weighted by Crippen LogP contribution is -2.12. The Balaban J connectivity index is 2.67. The van der Waals surface area contributed by atoms with Crippen molar-refractivity contribution in [3.05, 3.63) is 35.9 Å². The van der Waals surface area contributed by atoms with Crippen molar-refractivity contribution in [3.8, 4) is 0 Å². The van der Waals surface area contributed by atoms with E-state index in [1.165, 1.54) is 7.11 Å². The molecular weight excluding hydrogens is 260 g/mol. The van der Waals surface area contributed by atoms with Crippen molar-refractivity contribution in [2.75, 3.05) is 19.7 Å². The first-order valence-electron chi connectivity index (χ1n) is 5.13. The highest BCUT2D eigenvalue weighted by Crippen LogP contribution is 2.21. The van der Waals surface area contributed by atoms with E-state index in [2.05, 4.69) is 11.2 Å². The van der Waals surface area contributed by atoms with Gasteiger partial charge in [0.25, 0.3) is 0 Å². The number of ether oxygens (including phenoxy) is 2. The Kier molecular flexibility index (Phi) is 6.01. The van der Waals surface area contributed by atoms with Crippen LogP contribution in [0.3, 0.4) is 0 Å². The van der Waals surface area contributed by atoms with E-state index >= 15 is 0 Å². The molecule has 17 heavy (non-hydrogen) atoms. The van der Waals surface area contributed by atoms with Crippen LogP contribution in [0.2, 0.25) is 0 Å². The number of hydrogen-bond donors (Lipinski definition) is 1. The normalized spacial score (nSPS) is 16.4. The second-order valence-corrected chi connectivity index (χ2v) is 6.68. The van der Waals surface area contributed by atoms with Gasteiger partial charge in [-0.1, -0.05) is 30.3 Å². The standard InChI is InChI=1S/C11H16O4S2/c1-14-9-15-11(7-8-17(12,13)16)10-5-3-2-4-6-10/h2-6,11H,7-9H2,1H3,(H,12,13,16)/t11-/m1/s1. The van der Waals surface area contributed by atoms with Crippen LogP contribution in [0.4, 0.5) is 0 Å². The minimum Gasteiger partial charge on any atom is -0.359 e. The van der Waals surface area contributed by atoms with E-state index in [0.29, 0.717) is 6.42 Å². The number of methoxy groups -OCH3 is 1. The molecule has 0 radical (unpaired) electrons. The molecule has 0 bridgehead atoms. The molecule has 1 N–H and O–H groups in total. The van der Waals surface area contributed by atoms with Gasteiger partial charge < -0.3 is 14.0 Å². The van der Waals surface area contributed by atoms with Gasteiger partial charge in [-0.2, -0.15) is 0 Å². The molecule has 0 aliphatic heterocycles. The Morgan fingerprint density at radius 2 is 2.06 bits per heavy atom. The summed E-state index contributed by atoms with van der Waals surface area (Å²) in [5.41, 5.74) is 0.947. The molecule has 0 amide bonds. The van der Waals surface area contributed by atoms with Gasteiger partial charge in [-0.15, -0.1) is 0 Å². The molecule has 0 aliphatic rings. The average molecular weight is 276 g/mol. The SMILES string of the molecule is COCO[C@H](CCS(=O)(O)=S)c1ccccc1. The van der Waals surface area contributed by atoms with Crippen molar-refractivity contribution in [1.82, 2.24) is 0 Å². The van der Waals surface area contributed by atoms with Gasteiger partial charge in [-0.05, 0) is 12.0 Å². The molecule has 96 valence electrons. The third kappa shape index (κ3) is 6.09. The van der Waals surface area contributed by atoms with Gasteiger partial charge >= 0.3 is 0 Å². The zero-order valence-electron chi connectivity index (χ0n) is 9.57. The average Bonchev–Trinajstić information content (AvgIpc) is 2.29. The van der Waals surface area contributed by atoms with E-state index in [0.717, 1.165) is 5.56 Å². The summed E-state index contributed by atoms with van der Waals surface area (Å²) in [4.78, 5) is 0. The first-order chi connectivity index (χ1) is 8.03. The van der Waals surface area contributed by atoms with Crippen LogP contribution >= 0.6 is 0 Å². The molecule has 4 nitrogen and oxygen atoms in total. The lowest BCUT2D eigenvalue weighted by atomic mass is 10.1. The van der Waals surface area contributed by atoms with E-state index in [-0.39, 0.29) is 18.6 Å². The molecular formula is C11H16O4S2. The molecule has 0 saturated heterocycles. The zero-order valence-corrected chi connectivity index (χ0v) is 11.2. The topological polar surface area (TPSA) is 55.8 Å². The summed E-state index contributed by atoms with van der Waals surface area (Å²) in [5, 5.41) is 0. The highest BCUT2D eigenvalue weighted by Gasteiger charge is 2.14. The van der Waals surface area contributed by atoms with Crippen molar-refractivity contribution in [1.29, 1.82) is 0 Å². The minimum atomic E-state index is -3.14. The summed E-state index contributed by atoms with van der Waals surface area (Å²) in [6, 6.07) is 9.50. The van der Waals surface area contributed by atoms with E-state index in [1.807, 2.05) is 30.3 Å². The Morgan fingerprint density at radius 3 is 2.59 bits per heavy atom. The van der Waals surface area contributed by atoms with Crippen LogP contribution in [-0.4, -0.2) is 28.4 Å². The largest absolute Gasteiger partial charge is 0.359 e. The quantitative estimate of drug-likeness (QED) is 0.772. The van der Waals surface area contributed by atoms with Gasteiger partial charge in [0.05, 0.1) is 11.9 Å². The third-order valence-electron chi connectivity index (χ3n) is 2.20. The molecule has 6 heteroatoms. The Labute approximate surface area is 106 Å². The fraction of sp³-hybridized carbons (Fsp3) is 0.455. The zero-order chi connectivity index (χ0) is 12.7. The predicted molar refractivity (Wildman–Crippen MR) is 69.8 cm³/mol. The van der Waals surface area contributed by atoms with Crippen molar-refractivity contribution in [3.63, 3.8) is 0 Å². The van der Waals surface area contributed by atoms with Crippen LogP contribution in [0, 0.1) is 0 Å². The minimum absolute atomic E-state index is 0.0333. The summed E-state index contributed by atoms with van der Waals surface area (Å²) in [6.45, 7) is 0.142. The summed E-state index contributed by atoms with van der Waals surface area (Å²) in [7, 11) is -1.61. The lowest BCUT2D eigenvalue weighted by Gasteiger charge is -2.17. The number of hydrogen-bond acceptors (Lipinski definition) is 4. The molecule has 0 spiro atoms. The molecule has 0 saturated carbocycles. The molecule has 1 aromatic rings. The predicted octanol–water partition coefficient (Wildman–Crippen LogP) is 1.96. The van der Waals surface area contributed by atoms with E-state index in [4.69, 9.17) is 14.0 Å². The van der Waals surface area contributed by atoms with Gasteiger partial charge in [-0.25, -0.2) is 4.21 Å². The van der Waals surface area contributed by atoms with E-state index < -0.39 is 8.77 Å². The van der Waals surface area contributed by atoms with Gasteiger partial charge in [0.1, 0.15) is 15.6 Å². The molecule has 1 rings (SSSR count). The van der Waals surface area contributed by atoms with Gasteiger partial charge in [0.2, 0.25) is 0 Å². The van der Waals surface area contributed by atoms with Crippen LogP contribution in [0.1, 0.15) is 18.1 Å². The summed E-state index contributed by atoms with van der Waals surface area (Å²) < 4.78 is 30.5. The first kappa shape index (κ1) is 14.5. The van der Waals surface area contributed by atoms with E-state index in [1.54, 1.807) is 0 Å². The maximum absolute atomic E-state index is 11.1. The smallest absolute Gasteiger partial charge is 0.147 e. The van der Waals surface area contributed by atoms with Gasteiger partial charge in [-0.3, -0.25) is 0 Å². The maximum Gasteiger partial charge on any atom is 0.147 e. The van der Waals surface area contributed by atoms with Gasteiger partial charge in [0.15, 0.2) is 0 Å². The van der Waals surface area contributed by atoms with Crippen LogP contribution in [0.5, 0.6) is 0 Å². The fourth-order valence-corrected chi connectivity index (χ4v) is 2.22. The van der Waals surface area contributed by atoms with Crippen molar-refractivity contribution in [2.24, 2.45) is 0 Å². The first-order valence-corrected chi connectivity index (χ1v) is 7.74. The molecule has 1 aromatic carbocycles. The second kappa shape index (κ2) is 7.03. The lowest BCUT2D eigenvalue weighted by molar-refractivity contribution is -0.0740. The van der Waals surface area contributed by atoms with Gasteiger partial charge in [0, 0.05) is 18.3 Å². The van der Waals surface area contributed by atoms with Crippen LogP contribution < -0.4 is 0 Å². The van der Waals surface area contributed by atoms with Crippen LogP contribution in [0.25, 0.3) is 0 Å². The molecule has 1 unspecified atom stereocenters. The van der Waals surface area contributed by atoms with Crippen molar-refractivity contribution < 1.29 is 18.2 Å². The molecule has 0 fully saturated rings. The summed E-state index contributed by atoms with van der Waals surface area (Å²) >= 11 is 4.46. The van der Waals surface area contributed by atoms with E-state index in [9.17, 15) is 4.21 Å². The van der Waals surface area contributed by atoms with Crippen molar-refractivity contribution >= 4 is 20.0 Å². The fourth-order valence-electron chi connectivity index (χ4n) is 1.42. The summed E-state index contributed by atoms with van der Waals surface area (Å²) in [5.74, 6) is 0.0333. The maximum atomic E-state index is 11.1. The van der Waals surface area contributed by atoms with Crippen LogP contribution in [-0.2, 0) is 29.4 Å². The summed E-state index contributed by atoms with van der Waals surface area (Å²) in [6.07, 6.45) is 0.124. The highest BCUT2D eigenvalue weighted by molar-refractivity contribution is 8.29. The monoisotopic (exact) mass is 276 g/mol. The molecule has 2 atom stereocenters. The molecule has 0 heterocycles. The Morgan fingerprint density at radius 1 is 1.41 bits per heavy atom. The molecule has 0 aliphatic carbocycles. The highest BCUT2D eigenvalue weighted by atomic mass is 32.8. The Hall–Kier alpha value is -0.530. The second-order valence-electron chi connectivity index (χ2n) is 3.55. The van der Waals surface area contributed by atoms with Crippen LogP contribution in [0.15, 0.2) is 30.3 Å².